The Hall–Kier alpha value is -2.34. The molecular formula is C37H62O10. The topological polar surface area (TPSA) is 152 Å². The van der Waals surface area contributed by atoms with Gasteiger partial charge in [-0.05, 0) is 65.2 Å². The second-order valence-corrected chi connectivity index (χ2v) is 12.0. The van der Waals surface area contributed by atoms with Crippen LogP contribution >= 0.6 is 0 Å². The molecule has 6 atom stereocenters. The van der Waals surface area contributed by atoms with Gasteiger partial charge in [0.05, 0.1) is 13.2 Å². The van der Waals surface area contributed by atoms with Crippen LogP contribution in [0.25, 0.3) is 0 Å². The van der Waals surface area contributed by atoms with Gasteiger partial charge >= 0.3 is 11.9 Å². The first-order chi connectivity index (χ1) is 22.8. The average Bonchev–Trinajstić information content (AvgIpc) is 3.07. The number of carbonyl (C=O) groups excluding carboxylic acids is 2. The highest BCUT2D eigenvalue weighted by Crippen LogP contribution is 2.22. The number of allylic oxidation sites excluding steroid dienone is 8. The average molecular weight is 667 g/mol. The van der Waals surface area contributed by atoms with Crippen molar-refractivity contribution >= 4 is 11.9 Å². The summed E-state index contributed by atoms with van der Waals surface area (Å²) in [5, 5.41) is 39.8. The molecule has 1 rings (SSSR count). The van der Waals surface area contributed by atoms with Gasteiger partial charge in [-0.3, -0.25) is 9.59 Å². The number of unbranched alkanes of at least 4 members (excludes halogenated alkanes) is 10. The summed E-state index contributed by atoms with van der Waals surface area (Å²) in [6.07, 6.45) is 23.1. The van der Waals surface area contributed by atoms with Crippen molar-refractivity contribution in [2.45, 2.75) is 153 Å². The van der Waals surface area contributed by atoms with Crippen LogP contribution in [0.5, 0.6) is 0 Å². The second-order valence-electron chi connectivity index (χ2n) is 12.0. The van der Waals surface area contributed by atoms with Crippen LogP contribution in [0.3, 0.4) is 0 Å². The van der Waals surface area contributed by atoms with E-state index >= 15 is 0 Å². The Morgan fingerprint density at radius 1 is 0.660 bits per heavy atom. The van der Waals surface area contributed by atoms with E-state index in [4.69, 9.17) is 18.9 Å². The fourth-order valence-electron chi connectivity index (χ4n) is 5.02. The van der Waals surface area contributed by atoms with Crippen molar-refractivity contribution < 1.29 is 49.0 Å². The predicted molar refractivity (Wildman–Crippen MR) is 182 cm³/mol. The fraction of sp³-hybridized carbons (Fsp3) is 0.730. The van der Waals surface area contributed by atoms with Crippen LogP contribution in [0.2, 0.25) is 0 Å². The van der Waals surface area contributed by atoms with Gasteiger partial charge in [0.25, 0.3) is 0 Å². The minimum absolute atomic E-state index is 0.211. The number of esters is 2. The molecule has 1 fully saturated rings. The molecule has 0 amide bonds. The van der Waals surface area contributed by atoms with E-state index in [-0.39, 0.29) is 26.1 Å². The first kappa shape index (κ1) is 42.7. The van der Waals surface area contributed by atoms with Crippen molar-refractivity contribution in [1.29, 1.82) is 0 Å². The maximum Gasteiger partial charge on any atom is 0.306 e. The van der Waals surface area contributed by atoms with Crippen molar-refractivity contribution in [2.75, 3.05) is 19.8 Å². The molecule has 0 aromatic carbocycles. The van der Waals surface area contributed by atoms with E-state index in [0.717, 1.165) is 77.0 Å². The summed E-state index contributed by atoms with van der Waals surface area (Å²) in [5.74, 6) is -0.852. The summed E-state index contributed by atoms with van der Waals surface area (Å²) in [7, 11) is 0. The lowest BCUT2D eigenvalue weighted by Crippen LogP contribution is -2.59. The molecule has 1 heterocycles. The largest absolute Gasteiger partial charge is 0.462 e. The van der Waals surface area contributed by atoms with Gasteiger partial charge in [-0.25, -0.2) is 0 Å². The maximum absolute atomic E-state index is 12.6. The second kappa shape index (κ2) is 28.7. The minimum Gasteiger partial charge on any atom is -0.462 e. The Balaban J connectivity index is 2.42. The molecule has 4 N–H and O–H groups in total. The Morgan fingerprint density at radius 2 is 1.21 bits per heavy atom. The zero-order chi connectivity index (χ0) is 34.5. The lowest BCUT2D eigenvalue weighted by atomic mass is 9.99. The molecule has 0 saturated carbocycles. The molecule has 47 heavy (non-hydrogen) atoms. The van der Waals surface area contributed by atoms with E-state index < -0.39 is 55.4 Å². The fourth-order valence-corrected chi connectivity index (χ4v) is 5.02. The number of hydrogen-bond acceptors (Lipinski definition) is 10. The zero-order valence-corrected chi connectivity index (χ0v) is 28.8. The highest BCUT2D eigenvalue weighted by Gasteiger charge is 2.44. The Bertz CT molecular complexity index is 913. The quantitative estimate of drug-likeness (QED) is 0.0484. The summed E-state index contributed by atoms with van der Waals surface area (Å²) in [6, 6.07) is 0. The molecule has 0 aromatic rings. The minimum atomic E-state index is -1.60. The smallest absolute Gasteiger partial charge is 0.306 e. The summed E-state index contributed by atoms with van der Waals surface area (Å²) >= 11 is 0. The third-order valence-corrected chi connectivity index (χ3v) is 7.88. The molecule has 1 saturated heterocycles. The van der Waals surface area contributed by atoms with E-state index in [1.807, 2.05) is 26.0 Å². The van der Waals surface area contributed by atoms with Gasteiger partial charge in [0, 0.05) is 12.8 Å². The summed E-state index contributed by atoms with van der Waals surface area (Å²) in [5.41, 5.74) is 0. The number of aliphatic hydroxyl groups is 4. The zero-order valence-electron chi connectivity index (χ0n) is 28.8. The van der Waals surface area contributed by atoms with Gasteiger partial charge < -0.3 is 39.4 Å². The van der Waals surface area contributed by atoms with E-state index in [9.17, 15) is 30.0 Å². The van der Waals surface area contributed by atoms with Gasteiger partial charge in [0.1, 0.15) is 31.0 Å². The predicted octanol–water partition coefficient (Wildman–Crippen LogP) is 5.76. The normalized spacial score (nSPS) is 22.6. The van der Waals surface area contributed by atoms with Crippen molar-refractivity contribution in [3.8, 4) is 0 Å². The number of hydrogen-bond donors (Lipinski definition) is 4. The molecular weight excluding hydrogens is 604 g/mol. The Kier molecular flexibility index (Phi) is 26.0. The standard InChI is InChI=1S/C37H62O10/c1-3-5-7-9-11-13-14-15-16-17-18-20-21-23-25-32(39)44-28-30(46-33(40)26-24-22-19-12-10-8-6-4-2)29-45-37-36(43)35(42)34(41)31(27-38)47-37/h3-6,9,11,14-15,30-31,34-38,41-43H,7-8,10,12-13,16-29H2,1-2H3/b5-3+,6-4+,11-9+,15-14+/t30-,31-,34+,35+,36-,37-/m1/s1. The molecule has 0 unspecified atom stereocenters. The van der Waals surface area contributed by atoms with Gasteiger partial charge in [0.2, 0.25) is 0 Å². The van der Waals surface area contributed by atoms with Crippen molar-refractivity contribution in [2.24, 2.45) is 0 Å². The number of ether oxygens (including phenoxy) is 4. The molecule has 10 nitrogen and oxygen atoms in total. The lowest BCUT2D eigenvalue weighted by molar-refractivity contribution is -0.305. The van der Waals surface area contributed by atoms with Crippen LogP contribution in [0.1, 0.15) is 117 Å². The Labute approximate surface area is 282 Å². The molecule has 270 valence electrons. The Morgan fingerprint density at radius 3 is 1.85 bits per heavy atom. The monoisotopic (exact) mass is 666 g/mol. The molecule has 0 radical (unpaired) electrons. The van der Waals surface area contributed by atoms with E-state index in [0.29, 0.717) is 12.8 Å². The molecule has 10 heteroatoms. The SMILES string of the molecule is C/C=C/C/C=C/C/C=C/CCCCCCCC(=O)OC[C@H](CO[C@@H]1O[C@H](CO)[C@H](O)[C@H](O)[C@H]1O)OC(=O)CCCCCCC/C=C/C. The van der Waals surface area contributed by atoms with Crippen molar-refractivity contribution in [3.63, 3.8) is 0 Å². The van der Waals surface area contributed by atoms with Crippen molar-refractivity contribution in [3.05, 3.63) is 48.6 Å². The highest BCUT2D eigenvalue weighted by atomic mass is 16.7. The third-order valence-electron chi connectivity index (χ3n) is 7.88. The first-order valence-corrected chi connectivity index (χ1v) is 17.6. The molecule has 1 aliphatic rings. The van der Waals surface area contributed by atoms with Crippen LogP contribution in [-0.4, -0.2) is 89.0 Å². The van der Waals surface area contributed by atoms with Crippen LogP contribution in [-0.2, 0) is 28.5 Å². The molecule has 0 aromatic heterocycles. The summed E-state index contributed by atoms with van der Waals surface area (Å²) in [4.78, 5) is 25.0. The van der Waals surface area contributed by atoms with Gasteiger partial charge in [0.15, 0.2) is 12.4 Å². The van der Waals surface area contributed by atoms with Gasteiger partial charge in [-0.1, -0.05) is 87.1 Å². The van der Waals surface area contributed by atoms with Crippen LogP contribution in [0, 0.1) is 0 Å². The summed E-state index contributed by atoms with van der Waals surface area (Å²) < 4.78 is 21.9. The summed E-state index contributed by atoms with van der Waals surface area (Å²) in [6.45, 7) is 2.91. The van der Waals surface area contributed by atoms with Crippen LogP contribution in [0.15, 0.2) is 48.6 Å². The number of carbonyl (C=O) groups is 2. The molecule has 1 aliphatic heterocycles. The van der Waals surface area contributed by atoms with Gasteiger partial charge in [-0.2, -0.15) is 0 Å². The van der Waals surface area contributed by atoms with E-state index in [2.05, 4.69) is 36.5 Å². The third kappa shape index (κ3) is 21.3. The van der Waals surface area contributed by atoms with E-state index in [1.165, 1.54) is 0 Å². The van der Waals surface area contributed by atoms with Crippen molar-refractivity contribution in [1.82, 2.24) is 0 Å². The first-order valence-electron chi connectivity index (χ1n) is 17.6. The van der Waals surface area contributed by atoms with Gasteiger partial charge in [-0.15, -0.1) is 0 Å². The lowest BCUT2D eigenvalue weighted by Gasteiger charge is -2.39. The molecule has 0 bridgehead atoms. The number of aliphatic hydroxyl groups excluding tert-OH is 4. The van der Waals surface area contributed by atoms with Crippen LogP contribution in [0.4, 0.5) is 0 Å². The number of rotatable bonds is 27. The molecule has 0 aliphatic carbocycles. The van der Waals surface area contributed by atoms with E-state index in [1.54, 1.807) is 0 Å². The highest BCUT2D eigenvalue weighted by molar-refractivity contribution is 5.70. The van der Waals surface area contributed by atoms with Crippen LogP contribution < -0.4 is 0 Å². The molecule has 0 spiro atoms. The maximum atomic E-state index is 12.6.